The Bertz CT molecular complexity index is 491. The van der Waals surface area contributed by atoms with Gasteiger partial charge in [-0.2, -0.15) is 0 Å². The summed E-state index contributed by atoms with van der Waals surface area (Å²) in [7, 11) is 0. The molecule has 0 N–H and O–H groups in total. The Balaban J connectivity index is 2.52. The average molecular weight is 277 g/mol. The summed E-state index contributed by atoms with van der Waals surface area (Å²) in [4.78, 5) is 12.4. The minimum absolute atomic E-state index is 0.102. The minimum Gasteiger partial charge on any atom is -0.274 e. The lowest BCUT2D eigenvalue weighted by Crippen LogP contribution is -2.38. The molecule has 2 rings (SSSR count). The smallest absolute Gasteiger partial charge is 0.233 e. The summed E-state index contributed by atoms with van der Waals surface area (Å²) >= 11 is 6.06. The van der Waals surface area contributed by atoms with E-state index in [-0.39, 0.29) is 10.7 Å². The lowest BCUT2D eigenvalue weighted by molar-refractivity contribution is -0.117. The van der Waals surface area contributed by atoms with Crippen LogP contribution < -0.4 is 4.90 Å². The summed E-state index contributed by atoms with van der Waals surface area (Å²) in [6.45, 7) is 0. The molecule has 0 radical (unpaired) electrons. The van der Waals surface area contributed by atoms with E-state index in [1.54, 1.807) is 0 Å². The summed E-state index contributed by atoms with van der Waals surface area (Å²) in [5, 5.41) is 0. The van der Waals surface area contributed by atoms with Gasteiger partial charge in [0.25, 0.3) is 0 Å². The highest BCUT2D eigenvalue weighted by molar-refractivity contribution is 8.23. The zero-order valence-corrected chi connectivity index (χ0v) is 10.0. The van der Waals surface area contributed by atoms with Gasteiger partial charge in [-0.25, -0.2) is 13.2 Å². The molecule has 1 saturated heterocycles. The fourth-order valence-electron chi connectivity index (χ4n) is 1.44. The molecular weight excluding hydrogens is 271 g/mol. The first-order valence-electron chi connectivity index (χ1n) is 4.65. The largest absolute Gasteiger partial charge is 0.274 e. The summed E-state index contributed by atoms with van der Waals surface area (Å²) in [5.41, 5.74) is -0.468. The van der Waals surface area contributed by atoms with Crippen LogP contribution in [0.15, 0.2) is 12.1 Å². The second kappa shape index (κ2) is 4.66. The maximum absolute atomic E-state index is 13.5. The third kappa shape index (κ3) is 2.30. The molecule has 0 unspecified atom stereocenters. The van der Waals surface area contributed by atoms with Gasteiger partial charge >= 0.3 is 0 Å². The number of carbonyl (C=O) groups is 1. The van der Waals surface area contributed by atoms with Crippen LogP contribution in [0.3, 0.4) is 0 Å². The molecular formula is C10H6F3NOS2. The van der Waals surface area contributed by atoms with Gasteiger partial charge in [0.1, 0.15) is 10.1 Å². The molecule has 1 aliphatic heterocycles. The molecule has 1 aromatic rings. The Morgan fingerprint density at radius 3 is 2.65 bits per heavy atom. The zero-order valence-electron chi connectivity index (χ0n) is 8.37. The predicted octanol–water partition coefficient (Wildman–Crippen LogP) is 2.86. The number of anilines is 1. The van der Waals surface area contributed by atoms with E-state index in [4.69, 9.17) is 12.2 Å². The number of thiocarbonyl (C=S) groups is 1. The quantitative estimate of drug-likeness (QED) is 0.581. The van der Waals surface area contributed by atoms with Crippen molar-refractivity contribution in [1.82, 2.24) is 0 Å². The van der Waals surface area contributed by atoms with E-state index >= 15 is 0 Å². The van der Waals surface area contributed by atoms with Gasteiger partial charge in [-0.1, -0.05) is 24.0 Å². The van der Waals surface area contributed by atoms with Crippen molar-refractivity contribution in [3.8, 4) is 0 Å². The summed E-state index contributed by atoms with van der Waals surface area (Å²) in [6.07, 6.45) is 0.155. The number of hydrogen-bond donors (Lipinski definition) is 0. The highest BCUT2D eigenvalue weighted by Crippen LogP contribution is 2.29. The molecule has 2 nitrogen and oxygen atoms in total. The SMILES string of the molecule is O=C1CCSC(=S)N1c1cc(F)cc(F)c1F. The molecule has 1 amide bonds. The number of halogens is 3. The Morgan fingerprint density at radius 1 is 1.29 bits per heavy atom. The van der Waals surface area contributed by atoms with Crippen LogP contribution in [-0.2, 0) is 4.79 Å². The molecule has 1 heterocycles. The van der Waals surface area contributed by atoms with Gasteiger partial charge in [-0.05, 0) is 0 Å². The molecule has 17 heavy (non-hydrogen) atoms. The number of amides is 1. The van der Waals surface area contributed by atoms with Crippen LogP contribution in [0.4, 0.5) is 18.9 Å². The molecule has 7 heteroatoms. The van der Waals surface area contributed by atoms with Crippen molar-refractivity contribution in [3.63, 3.8) is 0 Å². The lowest BCUT2D eigenvalue weighted by atomic mass is 10.2. The van der Waals surface area contributed by atoms with Gasteiger partial charge in [-0.15, -0.1) is 0 Å². The number of hydrogen-bond acceptors (Lipinski definition) is 3. The van der Waals surface area contributed by atoms with Gasteiger partial charge in [0.15, 0.2) is 11.6 Å². The summed E-state index contributed by atoms with van der Waals surface area (Å²) in [6, 6.07) is 1.18. The Labute approximate surface area is 105 Å². The Hall–Kier alpha value is -1.08. The molecule has 0 spiro atoms. The van der Waals surface area contributed by atoms with E-state index in [1.165, 1.54) is 11.8 Å². The van der Waals surface area contributed by atoms with E-state index in [2.05, 4.69) is 0 Å². The average Bonchev–Trinajstić information content (AvgIpc) is 2.24. The number of benzene rings is 1. The van der Waals surface area contributed by atoms with Crippen molar-refractivity contribution in [1.29, 1.82) is 0 Å². The predicted molar refractivity (Wildman–Crippen MR) is 63.5 cm³/mol. The second-order valence-electron chi connectivity index (χ2n) is 3.31. The van der Waals surface area contributed by atoms with Gasteiger partial charge < -0.3 is 0 Å². The van der Waals surface area contributed by atoms with Crippen LogP contribution in [0.1, 0.15) is 6.42 Å². The normalized spacial score (nSPS) is 16.5. The van der Waals surface area contributed by atoms with Gasteiger partial charge in [-0.3, -0.25) is 9.69 Å². The first-order chi connectivity index (χ1) is 8.00. The molecule has 0 bridgehead atoms. The number of nitrogens with zero attached hydrogens (tertiary/aromatic N) is 1. The van der Waals surface area contributed by atoms with Gasteiger partial charge in [0.05, 0.1) is 5.69 Å². The first-order valence-corrected chi connectivity index (χ1v) is 6.04. The van der Waals surface area contributed by atoms with Crippen molar-refractivity contribution in [2.75, 3.05) is 10.7 Å². The second-order valence-corrected chi connectivity index (χ2v) is 5.04. The van der Waals surface area contributed by atoms with Crippen LogP contribution in [0.25, 0.3) is 0 Å². The van der Waals surface area contributed by atoms with Crippen LogP contribution in [0, 0.1) is 17.5 Å². The monoisotopic (exact) mass is 277 g/mol. The standard InChI is InChI=1S/C10H6F3NOS2/c11-5-3-6(12)9(13)7(4-5)14-8(15)1-2-17-10(14)16/h3-4H,1-2H2. The van der Waals surface area contributed by atoms with Gasteiger partial charge in [0.2, 0.25) is 5.91 Å². The van der Waals surface area contributed by atoms with Crippen LogP contribution in [0.5, 0.6) is 0 Å². The van der Waals surface area contributed by atoms with E-state index in [9.17, 15) is 18.0 Å². The van der Waals surface area contributed by atoms with E-state index < -0.39 is 29.0 Å². The highest BCUT2D eigenvalue weighted by Gasteiger charge is 2.29. The molecule has 1 fully saturated rings. The number of thioether (sulfide) groups is 1. The molecule has 1 aliphatic rings. The highest BCUT2D eigenvalue weighted by atomic mass is 32.2. The lowest BCUT2D eigenvalue weighted by Gasteiger charge is -2.27. The third-order valence-electron chi connectivity index (χ3n) is 2.19. The van der Waals surface area contributed by atoms with E-state index in [0.717, 1.165) is 11.0 Å². The Kier molecular flexibility index (Phi) is 3.39. The van der Waals surface area contributed by atoms with Crippen molar-refractivity contribution in [3.05, 3.63) is 29.6 Å². The van der Waals surface area contributed by atoms with Crippen molar-refractivity contribution < 1.29 is 18.0 Å². The first kappa shape index (κ1) is 12.4. The minimum atomic E-state index is -1.34. The van der Waals surface area contributed by atoms with Crippen LogP contribution >= 0.6 is 24.0 Å². The molecule has 1 aromatic carbocycles. The maximum Gasteiger partial charge on any atom is 0.233 e. The summed E-state index contributed by atoms with van der Waals surface area (Å²) in [5.74, 6) is -3.54. The van der Waals surface area contributed by atoms with Crippen molar-refractivity contribution in [2.45, 2.75) is 6.42 Å². The molecule has 0 aliphatic carbocycles. The number of carbonyl (C=O) groups excluding carboxylic acids is 1. The van der Waals surface area contributed by atoms with Crippen LogP contribution in [-0.4, -0.2) is 16.0 Å². The fraction of sp³-hybridized carbons (Fsp3) is 0.200. The third-order valence-corrected chi connectivity index (χ3v) is 3.56. The number of rotatable bonds is 1. The van der Waals surface area contributed by atoms with Crippen molar-refractivity contribution in [2.24, 2.45) is 0 Å². The molecule has 90 valence electrons. The zero-order chi connectivity index (χ0) is 12.6. The van der Waals surface area contributed by atoms with E-state index in [0.29, 0.717) is 11.8 Å². The Morgan fingerprint density at radius 2 is 2.00 bits per heavy atom. The molecule has 0 saturated carbocycles. The maximum atomic E-state index is 13.5. The van der Waals surface area contributed by atoms with E-state index in [1.807, 2.05) is 0 Å². The fourth-order valence-corrected chi connectivity index (χ4v) is 2.67. The molecule has 0 atom stereocenters. The van der Waals surface area contributed by atoms with Crippen molar-refractivity contribution >= 4 is 39.9 Å². The van der Waals surface area contributed by atoms with Crippen LogP contribution in [0.2, 0.25) is 0 Å². The van der Waals surface area contributed by atoms with Gasteiger partial charge in [0, 0.05) is 24.3 Å². The molecule has 0 aromatic heterocycles. The summed E-state index contributed by atoms with van der Waals surface area (Å²) < 4.78 is 39.7. The topological polar surface area (TPSA) is 20.3 Å².